The summed E-state index contributed by atoms with van der Waals surface area (Å²) < 4.78 is 28.2. The highest BCUT2D eigenvalue weighted by molar-refractivity contribution is 5.43. The standard InChI is InChI=1S/C11H15N.C9H10.C8H8O2.C8H8O.C7H8N2.C7H6O2.5C4H10.6C2H6/c1-9(2)12-7-10-5-3-4-6-11(10)8-12;1-2-5-9-7-3-6-8(9)4-1;1-2-4-8-7(3-1)9-5-6-10-8;1-2-4-8-7(3-1)5-6-9-8;1-2-5-9-6-4-8-7(9)3-1;1-2-4-7-6(3-1)8-5-9-7;5*1-4(2)3;6*1-2/h3-6,9H,7-8H2,1-2H3;1-2,4-5H,3,6-7H2;1-4H,5-6H2;1-4H,5-6H2;1,3-4,6H,2,5H2;1-4H,5H2;5*4H,1-3H3;6*1-2H3. The highest BCUT2D eigenvalue weighted by Crippen LogP contribution is 2.31. The van der Waals surface area contributed by atoms with Crippen molar-refractivity contribution >= 4 is 6.08 Å². The minimum absolute atomic E-state index is 0.360. The normalized spacial score (nSPS) is 12.3. The van der Waals surface area contributed by atoms with Crippen LogP contribution in [0.2, 0.25) is 0 Å². The summed E-state index contributed by atoms with van der Waals surface area (Å²) in [4.78, 5) is 6.62. The van der Waals surface area contributed by atoms with Gasteiger partial charge >= 0.3 is 0 Å². The van der Waals surface area contributed by atoms with Crippen molar-refractivity contribution < 1.29 is 23.7 Å². The van der Waals surface area contributed by atoms with Crippen LogP contribution in [0.5, 0.6) is 28.7 Å². The van der Waals surface area contributed by atoms with Gasteiger partial charge in [0.2, 0.25) is 6.79 Å². The molecule has 0 saturated heterocycles. The number of imidazole rings is 1. The van der Waals surface area contributed by atoms with E-state index in [0.29, 0.717) is 26.0 Å². The molecule has 0 saturated carbocycles. The molecule has 0 amide bonds. The van der Waals surface area contributed by atoms with Crippen LogP contribution < -0.4 is 23.7 Å². The Morgan fingerprint density at radius 1 is 0.356 bits per heavy atom. The van der Waals surface area contributed by atoms with Gasteiger partial charge < -0.3 is 28.3 Å². The van der Waals surface area contributed by atoms with Crippen LogP contribution in [0, 0.1) is 29.6 Å². The van der Waals surface area contributed by atoms with Crippen LogP contribution in [0.1, 0.15) is 247 Å². The minimum atomic E-state index is 0.360. The van der Waals surface area contributed by atoms with Gasteiger partial charge in [0.05, 0.1) is 6.61 Å². The molecule has 6 aliphatic rings. The van der Waals surface area contributed by atoms with Crippen LogP contribution in [0.25, 0.3) is 6.08 Å². The molecular weight excluding hydrogens is 1110 g/mol. The molecule has 5 aromatic carbocycles. The first-order valence-electron chi connectivity index (χ1n) is 35.2. The largest absolute Gasteiger partial charge is 0.493 e. The molecule has 0 unspecified atom stereocenters. The Balaban J connectivity index is -0.000000295. The maximum absolute atomic E-state index is 5.30. The fourth-order valence-corrected chi connectivity index (χ4v) is 7.27. The van der Waals surface area contributed by atoms with Crippen molar-refractivity contribution in [3.8, 4) is 28.7 Å². The van der Waals surface area contributed by atoms with Crippen LogP contribution in [-0.2, 0) is 38.9 Å². The zero-order valence-electron chi connectivity index (χ0n) is 63.7. The van der Waals surface area contributed by atoms with Gasteiger partial charge in [-0.2, -0.15) is 0 Å². The Morgan fingerprint density at radius 2 is 0.667 bits per heavy atom. The molecule has 8 heteroatoms. The molecule has 6 heterocycles. The number of aromatic nitrogens is 2. The van der Waals surface area contributed by atoms with Crippen molar-refractivity contribution in [3.05, 3.63) is 173 Å². The first-order chi connectivity index (χ1) is 43.3. The number of ether oxygens (including phenoxy) is 5. The van der Waals surface area contributed by atoms with E-state index >= 15 is 0 Å². The summed E-state index contributed by atoms with van der Waals surface area (Å²) >= 11 is 0. The number of allylic oxidation sites excluding steroid dienone is 1. The Morgan fingerprint density at radius 3 is 1.01 bits per heavy atom. The van der Waals surface area contributed by atoms with Crippen molar-refractivity contribution in [3.63, 3.8) is 0 Å². The molecule has 1 aliphatic carbocycles. The van der Waals surface area contributed by atoms with E-state index in [1.807, 2.05) is 162 Å². The van der Waals surface area contributed by atoms with Crippen molar-refractivity contribution in [2.45, 2.75) is 259 Å². The van der Waals surface area contributed by atoms with Crippen LogP contribution in [0.4, 0.5) is 0 Å². The Labute approximate surface area is 558 Å². The third-order valence-corrected chi connectivity index (χ3v) is 10.5. The number of aryl methyl sites for hydroxylation is 3. The van der Waals surface area contributed by atoms with Crippen molar-refractivity contribution in [1.29, 1.82) is 0 Å². The molecule has 0 spiro atoms. The molecule has 8 nitrogen and oxygen atoms in total. The number of hydrogen-bond donors (Lipinski definition) is 0. The smallest absolute Gasteiger partial charge is 0.231 e. The van der Waals surface area contributed by atoms with Crippen LogP contribution >= 0.6 is 0 Å². The van der Waals surface area contributed by atoms with E-state index in [2.05, 4.69) is 199 Å². The second kappa shape index (κ2) is 64.5. The van der Waals surface area contributed by atoms with Gasteiger partial charge in [0, 0.05) is 44.5 Å². The molecule has 0 N–H and O–H groups in total. The van der Waals surface area contributed by atoms with Gasteiger partial charge in [-0.05, 0) is 133 Å². The van der Waals surface area contributed by atoms with E-state index in [4.69, 9.17) is 23.7 Å². The summed E-state index contributed by atoms with van der Waals surface area (Å²) in [6.45, 7) is 66.9. The zero-order chi connectivity index (χ0) is 69.7. The predicted molar refractivity (Wildman–Crippen MR) is 401 cm³/mol. The van der Waals surface area contributed by atoms with E-state index in [1.54, 1.807) is 11.1 Å². The lowest BCUT2D eigenvalue weighted by molar-refractivity contribution is 0.171. The van der Waals surface area contributed by atoms with Gasteiger partial charge in [-0.3, -0.25) is 4.90 Å². The molecule has 0 fully saturated rings. The average molecular weight is 1250 g/mol. The monoisotopic (exact) mass is 1250 g/mol. The summed E-state index contributed by atoms with van der Waals surface area (Å²) in [5, 5.41) is 0. The molecular formula is C82H141N3O5. The maximum atomic E-state index is 5.30. The van der Waals surface area contributed by atoms with Gasteiger partial charge in [-0.25, -0.2) is 4.98 Å². The SMILES string of the molecule is C1=Cc2nccn2CC1.CC.CC.CC.CC.CC.CC.CC(C)C.CC(C)C.CC(C)C.CC(C)C.CC(C)C.CC(C)N1Cc2ccccc2C1.c1ccc2c(c1)CCC2.c1ccc2c(c1)CCO2.c1ccc2c(c1)OCCO2.c1ccc2c(c1)OCO2. The van der Waals surface area contributed by atoms with Gasteiger partial charge in [-0.1, -0.05) is 284 Å². The number of nitrogens with zero attached hydrogens (tertiary/aromatic N) is 3. The average Bonchev–Trinajstić information content (AvgIpc) is 2.31. The quantitative estimate of drug-likeness (QED) is 0.162. The van der Waals surface area contributed by atoms with Crippen LogP contribution in [0.15, 0.2) is 140 Å². The summed E-state index contributed by atoms with van der Waals surface area (Å²) in [5.74, 6) is 9.72. The molecule has 90 heavy (non-hydrogen) atoms. The van der Waals surface area contributed by atoms with Gasteiger partial charge in [0.15, 0.2) is 23.0 Å². The van der Waals surface area contributed by atoms with Crippen molar-refractivity contribution in [2.24, 2.45) is 29.6 Å². The number of hydrogen-bond acceptors (Lipinski definition) is 7. The minimum Gasteiger partial charge on any atom is -0.493 e. The van der Waals surface area contributed by atoms with E-state index in [-0.39, 0.29) is 0 Å². The second-order valence-electron chi connectivity index (χ2n) is 23.4. The van der Waals surface area contributed by atoms with Gasteiger partial charge in [-0.15, -0.1) is 0 Å². The molecule has 0 bridgehead atoms. The van der Waals surface area contributed by atoms with E-state index in [1.165, 1.54) is 36.0 Å². The number of para-hydroxylation sites is 5. The van der Waals surface area contributed by atoms with Gasteiger partial charge in [0.25, 0.3) is 0 Å². The van der Waals surface area contributed by atoms with E-state index in [9.17, 15) is 0 Å². The molecule has 12 rings (SSSR count). The van der Waals surface area contributed by atoms with E-state index < -0.39 is 0 Å². The lowest BCUT2D eigenvalue weighted by atomic mass is 10.1. The molecule has 0 atom stereocenters. The number of benzene rings is 5. The first kappa shape index (κ1) is 92.7. The zero-order valence-corrected chi connectivity index (χ0v) is 63.7. The Hall–Kier alpha value is -5.99. The highest BCUT2D eigenvalue weighted by atomic mass is 16.7. The molecule has 6 aromatic rings. The third-order valence-electron chi connectivity index (χ3n) is 10.5. The van der Waals surface area contributed by atoms with Crippen LogP contribution in [-0.4, -0.2) is 47.1 Å². The summed E-state index contributed by atoms with van der Waals surface area (Å²) in [5.41, 5.74) is 7.49. The van der Waals surface area contributed by atoms with Crippen LogP contribution in [0.3, 0.4) is 0 Å². The molecule has 514 valence electrons. The number of rotatable bonds is 1. The van der Waals surface area contributed by atoms with E-state index in [0.717, 1.165) is 103 Å². The van der Waals surface area contributed by atoms with Crippen molar-refractivity contribution in [1.82, 2.24) is 14.5 Å². The highest BCUT2D eigenvalue weighted by Gasteiger charge is 2.20. The summed E-state index contributed by atoms with van der Waals surface area (Å²) in [6.07, 6.45) is 14.3. The summed E-state index contributed by atoms with van der Waals surface area (Å²) in [6, 6.07) is 41.6. The molecule has 1 aromatic heterocycles. The fourth-order valence-electron chi connectivity index (χ4n) is 7.27. The van der Waals surface area contributed by atoms with Gasteiger partial charge in [0.1, 0.15) is 24.8 Å². The molecule has 0 radical (unpaired) electrons. The topological polar surface area (TPSA) is 67.2 Å². The predicted octanol–water partition coefficient (Wildman–Crippen LogP) is 24.8. The number of fused-ring (bicyclic) bond motifs is 6. The third kappa shape index (κ3) is 50.7. The lowest BCUT2D eigenvalue weighted by Crippen LogP contribution is -2.24. The molecule has 5 aliphatic heterocycles. The second-order valence-corrected chi connectivity index (χ2v) is 23.4. The lowest BCUT2D eigenvalue weighted by Gasteiger charge is -2.18. The first-order valence-corrected chi connectivity index (χ1v) is 35.2. The maximum Gasteiger partial charge on any atom is 0.231 e. The fraction of sp³-hybridized carbons (Fsp3) is 0.573. The Bertz CT molecular complexity index is 2190. The van der Waals surface area contributed by atoms with Crippen molar-refractivity contribution in [2.75, 3.05) is 26.6 Å². The Kier molecular flexibility index (Phi) is 66.5. The summed E-state index contributed by atoms with van der Waals surface area (Å²) in [7, 11) is 0.